The largest absolute Gasteiger partial charge is 0.353 e. The van der Waals surface area contributed by atoms with Gasteiger partial charge in [0, 0.05) is 30.5 Å². The molecule has 9 nitrogen and oxygen atoms in total. The van der Waals surface area contributed by atoms with E-state index in [-0.39, 0.29) is 11.4 Å². The van der Waals surface area contributed by atoms with Crippen molar-refractivity contribution in [3.63, 3.8) is 0 Å². The minimum Gasteiger partial charge on any atom is -0.353 e. The molecule has 0 aliphatic rings. The summed E-state index contributed by atoms with van der Waals surface area (Å²) in [5.74, 6) is 1.07. The van der Waals surface area contributed by atoms with Crippen molar-refractivity contribution in [3.8, 4) is 0 Å². The fraction of sp³-hybridized carbons (Fsp3) is 0.200. The van der Waals surface area contributed by atoms with E-state index in [1.165, 1.54) is 11.6 Å². The molecule has 160 valence electrons. The number of nitrogens with one attached hydrogen (secondary N) is 3. The molecule has 4 rings (SSSR count). The van der Waals surface area contributed by atoms with Crippen LogP contribution >= 0.6 is 11.7 Å². The van der Waals surface area contributed by atoms with Gasteiger partial charge >= 0.3 is 0 Å². The first-order chi connectivity index (χ1) is 14.9. The maximum atomic E-state index is 12.6. The molecule has 0 aliphatic heterocycles. The zero-order valence-corrected chi connectivity index (χ0v) is 18.6. The summed E-state index contributed by atoms with van der Waals surface area (Å²) in [6.45, 7) is 4.38. The Labute approximate surface area is 184 Å². The van der Waals surface area contributed by atoms with Crippen molar-refractivity contribution in [1.29, 1.82) is 0 Å². The van der Waals surface area contributed by atoms with Gasteiger partial charge < -0.3 is 10.6 Å². The number of benzene rings is 2. The van der Waals surface area contributed by atoms with Crippen LogP contribution in [0.1, 0.15) is 11.3 Å². The van der Waals surface area contributed by atoms with E-state index >= 15 is 0 Å². The Morgan fingerprint density at radius 2 is 1.77 bits per heavy atom. The summed E-state index contributed by atoms with van der Waals surface area (Å²) in [4.78, 5) is 8.93. The van der Waals surface area contributed by atoms with Gasteiger partial charge in [-0.1, -0.05) is 23.8 Å². The number of hydrogen-bond donors (Lipinski definition) is 3. The molecule has 2 heterocycles. The normalized spacial score (nSPS) is 11.5. The second kappa shape index (κ2) is 8.92. The van der Waals surface area contributed by atoms with Gasteiger partial charge in [-0.3, -0.25) is 0 Å². The third-order valence-electron chi connectivity index (χ3n) is 4.42. The van der Waals surface area contributed by atoms with Crippen LogP contribution in [0.5, 0.6) is 0 Å². The first-order valence-corrected chi connectivity index (χ1v) is 11.8. The minimum absolute atomic E-state index is 0.120. The van der Waals surface area contributed by atoms with Crippen LogP contribution in [-0.2, 0) is 10.0 Å². The van der Waals surface area contributed by atoms with Crippen molar-refractivity contribution >= 4 is 50.2 Å². The zero-order chi connectivity index (χ0) is 21.8. The summed E-state index contributed by atoms with van der Waals surface area (Å²) in [5, 5.41) is 6.31. The van der Waals surface area contributed by atoms with Crippen LogP contribution in [0.15, 0.2) is 53.4 Å². The average molecular weight is 456 g/mol. The zero-order valence-electron chi connectivity index (χ0n) is 17.0. The predicted molar refractivity (Wildman–Crippen MR) is 122 cm³/mol. The summed E-state index contributed by atoms with van der Waals surface area (Å²) in [6, 6.07) is 14.7. The number of nitrogens with zero attached hydrogens (tertiary/aromatic N) is 4. The van der Waals surface area contributed by atoms with Gasteiger partial charge in [0.1, 0.15) is 21.7 Å². The van der Waals surface area contributed by atoms with Gasteiger partial charge in [0.25, 0.3) is 0 Å². The monoisotopic (exact) mass is 455 g/mol. The molecule has 0 bridgehead atoms. The van der Waals surface area contributed by atoms with Gasteiger partial charge in [0.15, 0.2) is 0 Å². The molecule has 0 fully saturated rings. The molecule has 2 aromatic heterocycles. The minimum atomic E-state index is -3.71. The van der Waals surface area contributed by atoms with Gasteiger partial charge in [-0.2, -0.15) is 13.7 Å². The number of hydrogen-bond acceptors (Lipinski definition) is 9. The SMILES string of the molecule is Cc1ccc(Nc2cc(C)nc(NCCNS(=O)(=O)c3cccc4nsnc34)n2)cc1. The lowest BCUT2D eigenvalue weighted by Crippen LogP contribution is -2.29. The fourth-order valence-corrected chi connectivity index (χ4v) is 4.73. The van der Waals surface area contributed by atoms with Crippen LogP contribution in [0, 0.1) is 13.8 Å². The molecule has 0 amide bonds. The average Bonchev–Trinajstić information content (AvgIpc) is 3.21. The van der Waals surface area contributed by atoms with E-state index in [2.05, 4.69) is 34.1 Å². The Bertz CT molecular complexity index is 1300. The van der Waals surface area contributed by atoms with E-state index in [4.69, 9.17) is 0 Å². The molecule has 0 saturated heterocycles. The van der Waals surface area contributed by atoms with Crippen molar-refractivity contribution < 1.29 is 8.42 Å². The third kappa shape index (κ3) is 5.13. The van der Waals surface area contributed by atoms with Crippen molar-refractivity contribution in [2.24, 2.45) is 0 Å². The lowest BCUT2D eigenvalue weighted by Gasteiger charge is -2.11. The van der Waals surface area contributed by atoms with E-state index in [0.717, 1.165) is 23.1 Å². The predicted octanol–water partition coefficient (Wildman–Crippen LogP) is 3.23. The maximum absolute atomic E-state index is 12.6. The van der Waals surface area contributed by atoms with Crippen LogP contribution in [-0.4, -0.2) is 40.2 Å². The Hall–Kier alpha value is -3.15. The van der Waals surface area contributed by atoms with Crippen molar-refractivity contribution in [2.75, 3.05) is 23.7 Å². The number of sulfonamides is 1. The fourth-order valence-electron chi connectivity index (χ4n) is 2.93. The number of anilines is 3. The van der Waals surface area contributed by atoms with Gasteiger partial charge in [0.2, 0.25) is 16.0 Å². The highest BCUT2D eigenvalue weighted by Crippen LogP contribution is 2.21. The van der Waals surface area contributed by atoms with Crippen LogP contribution < -0.4 is 15.4 Å². The van der Waals surface area contributed by atoms with E-state index in [0.29, 0.717) is 29.3 Å². The first-order valence-electron chi connectivity index (χ1n) is 9.55. The van der Waals surface area contributed by atoms with Crippen LogP contribution in [0.3, 0.4) is 0 Å². The molecule has 3 N–H and O–H groups in total. The third-order valence-corrected chi connectivity index (χ3v) is 6.45. The Kier molecular flexibility index (Phi) is 6.07. The summed E-state index contributed by atoms with van der Waals surface area (Å²) in [7, 11) is -3.71. The van der Waals surface area contributed by atoms with E-state index in [1.807, 2.05) is 44.2 Å². The topological polar surface area (TPSA) is 122 Å². The smallest absolute Gasteiger partial charge is 0.242 e. The second-order valence-corrected chi connectivity index (χ2v) is 9.19. The molecule has 2 aromatic carbocycles. The van der Waals surface area contributed by atoms with Crippen LogP contribution in [0.2, 0.25) is 0 Å². The molecular weight excluding hydrogens is 434 g/mol. The summed E-state index contributed by atoms with van der Waals surface area (Å²) in [5.41, 5.74) is 3.83. The van der Waals surface area contributed by atoms with E-state index in [9.17, 15) is 8.42 Å². The summed E-state index contributed by atoms with van der Waals surface area (Å²) < 4.78 is 36.0. The van der Waals surface area contributed by atoms with Gasteiger partial charge in [-0.05, 0) is 38.1 Å². The second-order valence-electron chi connectivity index (χ2n) is 6.92. The molecular formula is C20H21N7O2S2. The Morgan fingerprint density at radius 3 is 2.58 bits per heavy atom. The molecule has 31 heavy (non-hydrogen) atoms. The first kappa shape index (κ1) is 21.1. The molecule has 0 atom stereocenters. The summed E-state index contributed by atoms with van der Waals surface area (Å²) >= 11 is 0.986. The molecule has 4 aromatic rings. The molecule has 0 spiro atoms. The van der Waals surface area contributed by atoms with Gasteiger partial charge in [-0.15, -0.1) is 0 Å². The quantitative estimate of drug-likeness (QED) is 0.346. The number of aromatic nitrogens is 4. The van der Waals surface area contributed by atoms with Crippen LogP contribution in [0.4, 0.5) is 17.5 Å². The molecule has 0 unspecified atom stereocenters. The molecule has 0 aliphatic carbocycles. The van der Waals surface area contributed by atoms with E-state index in [1.54, 1.807) is 12.1 Å². The highest BCUT2D eigenvalue weighted by atomic mass is 32.2. The van der Waals surface area contributed by atoms with E-state index < -0.39 is 10.0 Å². The highest BCUT2D eigenvalue weighted by molar-refractivity contribution is 7.89. The van der Waals surface area contributed by atoms with Crippen LogP contribution in [0.25, 0.3) is 11.0 Å². The van der Waals surface area contributed by atoms with Crippen molar-refractivity contribution in [1.82, 2.24) is 23.4 Å². The van der Waals surface area contributed by atoms with Gasteiger partial charge in [0.05, 0.1) is 11.7 Å². The Balaban J connectivity index is 1.37. The maximum Gasteiger partial charge on any atom is 0.242 e. The Morgan fingerprint density at radius 1 is 0.968 bits per heavy atom. The van der Waals surface area contributed by atoms with Gasteiger partial charge in [-0.25, -0.2) is 18.1 Å². The van der Waals surface area contributed by atoms with Crippen molar-refractivity contribution in [3.05, 3.63) is 59.8 Å². The van der Waals surface area contributed by atoms with Crippen molar-refractivity contribution in [2.45, 2.75) is 18.7 Å². The standard InChI is InChI=1S/C20H21N7O2S2/c1-13-6-8-15(9-7-13)24-18-12-14(2)23-20(25-18)21-10-11-22-31(28,29)17-5-3-4-16-19(17)27-30-26-16/h3-9,12,22H,10-11H2,1-2H3,(H2,21,23,24,25). The summed E-state index contributed by atoms with van der Waals surface area (Å²) in [6.07, 6.45) is 0. The highest BCUT2D eigenvalue weighted by Gasteiger charge is 2.18. The number of rotatable bonds is 8. The lowest BCUT2D eigenvalue weighted by molar-refractivity contribution is 0.583. The lowest BCUT2D eigenvalue weighted by atomic mass is 10.2. The molecule has 0 saturated carbocycles. The molecule has 0 radical (unpaired) electrons. The molecule has 11 heteroatoms. The number of aryl methyl sites for hydroxylation is 2. The number of fused-ring (bicyclic) bond motifs is 1.